The second kappa shape index (κ2) is 12.9. The van der Waals surface area contributed by atoms with Crippen LogP contribution in [0.2, 0.25) is 0 Å². The standard InChI is InChI=1S/C37H44O14/c1-17-15-36(45)26(27(17)50-31(44)23-13-11-10-12-14-23)30(47-19(3)39)37(51-22(6)42)16-24-25(29(46-18(2)38)34(7,8)28(24)43)35(9,32(36)48-20(4)40)33(37)49-21(5)41/h10-14,17,26-27,29-30,32-33,45H,15-16H2,1-9H3/t17-,26+,27-,29-,30+,32-,33-,35+,36+,37+/m0/s1. The van der Waals surface area contributed by atoms with Crippen LogP contribution in [0, 0.1) is 22.7 Å². The second-order valence-corrected chi connectivity index (χ2v) is 14.9. The highest BCUT2D eigenvalue weighted by Gasteiger charge is 2.81. The van der Waals surface area contributed by atoms with Crippen LogP contribution in [-0.2, 0) is 57.2 Å². The molecule has 0 radical (unpaired) electrons. The molecule has 2 saturated carbocycles. The Balaban J connectivity index is 1.92. The van der Waals surface area contributed by atoms with Crippen molar-refractivity contribution in [3.63, 3.8) is 0 Å². The van der Waals surface area contributed by atoms with Gasteiger partial charge in [-0.25, -0.2) is 4.79 Å². The average molecular weight is 713 g/mol. The molecule has 1 aromatic rings. The zero-order valence-electron chi connectivity index (χ0n) is 30.1. The number of carbonyl (C=O) groups excluding carboxylic acids is 7. The topological polar surface area (TPSA) is 195 Å². The van der Waals surface area contributed by atoms with Crippen LogP contribution in [0.1, 0.15) is 85.5 Å². The van der Waals surface area contributed by atoms with Crippen LogP contribution in [0.3, 0.4) is 0 Å². The van der Waals surface area contributed by atoms with Crippen molar-refractivity contribution in [1.29, 1.82) is 0 Å². The van der Waals surface area contributed by atoms with E-state index < -0.39 is 112 Å². The minimum absolute atomic E-state index is 0.0119. The normalized spacial score (nSPS) is 36.1. The van der Waals surface area contributed by atoms with Gasteiger partial charge in [-0.2, -0.15) is 0 Å². The van der Waals surface area contributed by atoms with Gasteiger partial charge < -0.3 is 33.5 Å². The van der Waals surface area contributed by atoms with Crippen LogP contribution in [-0.4, -0.2) is 88.4 Å². The van der Waals surface area contributed by atoms with E-state index in [9.17, 15) is 38.7 Å². The molecule has 0 spiro atoms. The first-order chi connectivity index (χ1) is 23.6. The molecule has 4 aliphatic rings. The molecule has 2 fully saturated rings. The first-order valence-electron chi connectivity index (χ1n) is 16.8. The monoisotopic (exact) mass is 712 g/mol. The van der Waals surface area contributed by atoms with Crippen LogP contribution in [0.15, 0.2) is 41.5 Å². The predicted molar refractivity (Wildman–Crippen MR) is 173 cm³/mol. The van der Waals surface area contributed by atoms with Gasteiger partial charge in [0, 0.05) is 46.6 Å². The first-order valence-corrected chi connectivity index (χ1v) is 16.8. The van der Waals surface area contributed by atoms with Gasteiger partial charge in [-0.05, 0) is 50.8 Å². The van der Waals surface area contributed by atoms with E-state index in [-0.39, 0.29) is 23.1 Å². The van der Waals surface area contributed by atoms with Crippen molar-refractivity contribution in [3.05, 3.63) is 47.0 Å². The summed E-state index contributed by atoms with van der Waals surface area (Å²) >= 11 is 0. The smallest absolute Gasteiger partial charge is 0.338 e. The molecule has 0 saturated heterocycles. The lowest BCUT2D eigenvalue weighted by Gasteiger charge is -2.54. The van der Waals surface area contributed by atoms with E-state index >= 15 is 0 Å². The van der Waals surface area contributed by atoms with E-state index in [1.54, 1.807) is 39.0 Å². The summed E-state index contributed by atoms with van der Waals surface area (Å²) in [6, 6.07) is 8.01. The molecule has 1 N–H and O–H groups in total. The lowest BCUT2D eigenvalue weighted by molar-refractivity contribution is -0.239. The van der Waals surface area contributed by atoms with Crippen molar-refractivity contribution in [2.75, 3.05) is 0 Å². The Morgan fingerprint density at radius 2 is 1.29 bits per heavy atom. The van der Waals surface area contributed by atoms with E-state index in [0.717, 1.165) is 34.6 Å². The molecule has 276 valence electrons. The number of Topliss-reactive ketones (excluding diaryl/α,β-unsaturated/α-hetero) is 1. The molecule has 5 rings (SSSR count). The molecule has 14 heteroatoms. The number of fused-ring (bicyclic) bond motifs is 4. The van der Waals surface area contributed by atoms with Gasteiger partial charge in [0.05, 0.1) is 22.3 Å². The van der Waals surface area contributed by atoms with E-state index in [1.807, 2.05) is 0 Å². The Labute approximate surface area is 295 Å². The number of hydrogen-bond donors (Lipinski definition) is 1. The summed E-state index contributed by atoms with van der Waals surface area (Å²) in [5, 5.41) is 13.2. The van der Waals surface area contributed by atoms with Gasteiger partial charge in [0.1, 0.15) is 23.9 Å². The maximum Gasteiger partial charge on any atom is 0.338 e. The van der Waals surface area contributed by atoms with Gasteiger partial charge >= 0.3 is 35.8 Å². The maximum absolute atomic E-state index is 14.5. The third-order valence-corrected chi connectivity index (χ3v) is 10.8. The van der Waals surface area contributed by atoms with E-state index in [2.05, 4.69) is 0 Å². The second-order valence-electron chi connectivity index (χ2n) is 14.9. The minimum atomic E-state index is -2.29. The van der Waals surface area contributed by atoms with Crippen LogP contribution in [0.4, 0.5) is 0 Å². The quantitative estimate of drug-likeness (QED) is 0.320. The highest BCUT2D eigenvalue weighted by atomic mass is 16.6. The Kier molecular flexibility index (Phi) is 9.51. The fourth-order valence-corrected chi connectivity index (χ4v) is 9.30. The Morgan fingerprint density at radius 1 is 0.745 bits per heavy atom. The summed E-state index contributed by atoms with van der Waals surface area (Å²) in [6.45, 7) is 11.7. The average Bonchev–Trinajstić information content (AvgIpc) is 3.36. The molecule has 14 nitrogen and oxygen atoms in total. The predicted octanol–water partition coefficient (Wildman–Crippen LogP) is 2.96. The van der Waals surface area contributed by atoms with Crippen molar-refractivity contribution in [2.24, 2.45) is 22.7 Å². The number of carbonyl (C=O) groups is 7. The molecule has 0 amide bonds. The van der Waals surface area contributed by atoms with Crippen molar-refractivity contribution >= 4 is 41.6 Å². The fourth-order valence-electron chi connectivity index (χ4n) is 9.30. The summed E-state index contributed by atoms with van der Waals surface area (Å²) in [5.41, 5.74) is -7.79. The Bertz CT molecular complexity index is 1710. The van der Waals surface area contributed by atoms with Crippen LogP contribution >= 0.6 is 0 Å². The fraction of sp³-hybridized carbons (Fsp3) is 0.595. The highest BCUT2D eigenvalue weighted by molar-refractivity contribution is 6.05. The number of esters is 6. The lowest BCUT2D eigenvalue weighted by atomic mass is 9.58. The number of ketones is 1. The summed E-state index contributed by atoms with van der Waals surface area (Å²) < 4.78 is 36.2. The molecule has 10 atom stereocenters. The third kappa shape index (κ3) is 5.90. The molecular formula is C37H44O14. The van der Waals surface area contributed by atoms with Gasteiger partial charge in [0.25, 0.3) is 0 Å². The molecule has 0 unspecified atom stereocenters. The van der Waals surface area contributed by atoms with Gasteiger partial charge in [-0.1, -0.05) is 25.1 Å². The summed E-state index contributed by atoms with van der Waals surface area (Å²) in [4.78, 5) is 93.2. The van der Waals surface area contributed by atoms with Gasteiger partial charge in [-0.15, -0.1) is 0 Å². The third-order valence-electron chi connectivity index (χ3n) is 10.8. The molecule has 4 aliphatic carbocycles. The molecule has 2 bridgehead atoms. The van der Waals surface area contributed by atoms with Crippen molar-refractivity contribution in [2.45, 2.75) is 117 Å². The first kappa shape index (κ1) is 37.7. The van der Waals surface area contributed by atoms with Gasteiger partial charge in [0.15, 0.2) is 23.6 Å². The summed E-state index contributed by atoms with van der Waals surface area (Å²) in [7, 11) is 0. The number of hydrogen-bond acceptors (Lipinski definition) is 14. The Morgan fingerprint density at radius 3 is 1.82 bits per heavy atom. The molecular weight excluding hydrogens is 668 g/mol. The summed E-state index contributed by atoms with van der Waals surface area (Å²) in [5.74, 6) is -7.93. The molecule has 51 heavy (non-hydrogen) atoms. The van der Waals surface area contributed by atoms with Crippen LogP contribution in [0.25, 0.3) is 0 Å². The van der Waals surface area contributed by atoms with Crippen LogP contribution in [0.5, 0.6) is 0 Å². The largest absolute Gasteiger partial charge is 0.458 e. The minimum Gasteiger partial charge on any atom is -0.458 e. The van der Waals surface area contributed by atoms with E-state index in [0.29, 0.717) is 0 Å². The zero-order chi connectivity index (χ0) is 38.0. The van der Waals surface area contributed by atoms with E-state index in [1.165, 1.54) is 19.1 Å². The zero-order valence-corrected chi connectivity index (χ0v) is 30.1. The molecule has 0 heterocycles. The SMILES string of the molecule is CC(=O)O[C@@H]1[C@H]2[C@@H](OC(=O)c3ccccc3)[C@@H](C)C[C@]2(O)[C@@H](OC(C)=O)[C@@]2(C)C3=C(C[C@]1(OC(C)=O)[C@H]2OC(C)=O)C(=O)C(C)(C)[C@H]3OC(C)=O. The molecule has 1 aromatic carbocycles. The van der Waals surface area contributed by atoms with Crippen molar-refractivity contribution in [1.82, 2.24) is 0 Å². The summed E-state index contributed by atoms with van der Waals surface area (Å²) in [6.07, 6.45) is -8.67. The number of aliphatic hydroxyl groups is 1. The molecule has 0 aliphatic heterocycles. The van der Waals surface area contributed by atoms with Crippen LogP contribution < -0.4 is 0 Å². The number of benzene rings is 1. The van der Waals surface area contributed by atoms with Gasteiger partial charge in [0.2, 0.25) is 0 Å². The van der Waals surface area contributed by atoms with Crippen molar-refractivity contribution < 1.29 is 67.1 Å². The van der Waals surface area contributed by atoms with E-state index in [4.69, 9.17) is 28.4 Å². The van der Waals surface area contributed by atoms with Crippen molar-refractivity contribution in [3.8, 4) is 0 Å². The number of ether oxygens (including phenoxy) is 6. The Hall–Kier alpha value is -4.59. The number of rotatable bonds is 7. The lowest BCUT2D eigenvalue weighted by Crippen LogP contribution is -2.68. The van der Waals surface area contributed by atoms with Gasteiger partial charge in [-0.3, -0.25) is 28.8 Å². The maximum atomic E-state index is 14.5. The molecule has 0 aromatic heterocycles. The highest BCUT2D eigenvalue weighted by Crippen LogP contribution is 2.67.